The molecule has 0 aliphatic heterocycles. The van der Waals surface area contributed by atoms with Crippen LogP contribution < -0.4 is 5.32 Å². The summed E-state index contributed by atoms with van der Waals surface area (Å²) in [5.41, 5.74) is 1.71. The molecule has 0 unspecified atom stereocenters. The molecule has 2 rings (SSSR count). The third kappa shape index (κ3) is 2.77. The van der Waals surface area contributed by atoms with Crippen LogP contribution in [-0.2, 0) is 6.54 Å². The Kier molecular flexibility index (Phi) is 4.17. The average molecular weight is 282 g/mol. The maximum absolute atomic E-state index is 14.2. The second-order valence-corrected chi connectivity index (χ2v) is 4.82. The maximum Gasteiger partial charge on any atom is 0.136 e. The molecule has 4 heteroatoms. The Bertz CT molecular complexity index is 611. The first-order valence-corrected chi connectivity index (χ1v) is 6.30. The number of nitrogens with one attached hydrogen (secondary N) is 1. The van der Waals surface area contributed by atoms with Crippen molar-refractivity contribution in [2.24, 2.45) is 0 Å². The largest absolute Gasteiger partial charge is 0.316 e. The van der Waals surface area contributed by atoms with Crippen LogP contribution in [-0.4, -0.2) is 7.05 Å². The van der Waals surface area contributed by atoms with E-state index in [2.05, 4.69) is 5.32 Å². The molecule has 2 aromatic carbocycles. The summed E-state index contributed by atoms with van der Waals surface area (Å²) >= 11 is 5.94. The maximum atomic E-state index is 14.2. The van der Waals surface area contributed by atoms with Crippen LogP contribution in [0.5, 0.6) is 0 Å². The third-order valence-electron chi connectivity index (χ3n) is 2.99. The van der Waals surface area contributed by atoms with Gasteiger partial charge in [-0.1, -0.05) is 23.7 Å². The van der Waals surface area contributed by atoms with Crippen LogP contribution in [0.2, 0.25) is 5.02 Å². The highest BCUT2D eigenvalue weighted by molar-refractivity contribution is 6.30. The van der Waals surface area contributed by atoms with Crippen molar-refractivity contribution < 1.29 is 8.78 Å². The van der Waals surface area contributed by atoms with Crippen LogP contribution >= 0.6 is 11.6 Å². The summed E-state index contributed by atoms with van der Waals surface area (Å²) in [4.78, 5) is 0. The second kappa shape index (κ2) is 5.68. The Balaban J connectivity index is 2.68. The van der Waals surface area contributed by atoms with Crippen molar-refractivity contribution in [3.63, 3.8) is 0 Å². The number of halogens is 3. The van der Waals surface area contributed by atoms with E-state index in [4.69, 9.17) is 11.6 Å². The molecular weight excluding hydrogens is 268 g/mol. The lowest BCUT2D eigenvalue weighted by Gasteiger charge is -2.13. The standard InChI is InChI=1S/C15H14ClF2N/c1-9-3-6-13(17)14(15(9)18)12-5-4-11(16)7-10(12)8-19-2/h3-7,19H,8H2,1-2H3. The Labute approximate surface area is 116 Å². The molecule has 0 radical (unpaired) electrons. The predicted octanol–water partition coefficient (Wildman–Crippen LogP) is 4.31. The first kappa shape index (κ1) is 14.0. The zero-order chi connectivity index (χ0) is 14.0. The smallest absolute Gasteiger partial charge is 0.136 e. The molecule has 0 saturated heterocycles. The normalized spacial score (nSPS) is 10.8. The zero-order valence-electron chi connectivity index (χ0n) is 10.7. The molecule has 0 saturated carbocycles. The Morgan fingerprint density at radius 2 is 1.89 bits per heavy atom. The summed E-state index contributed by atoms with van der Waals surface area (Å²) in [6.45, 7) is 2.11. The average Bonchev–Trinajstić information content (AvgIpc) is 2.37. The van der Waals surface area contributed by atoms with Gasteiger partial charge in [0.15, 0.2) is 0 Å². The fourth-order valence-electron chi connectivity index (χ4n) is 2.05. The quantitative estimate of drug-likeness (QED) is 0.884. The van der Waals surface area contributed by atoms with Gasteiger partial charge in [0.25, 0.3) is 0 Å². The molecule has 0 bridgehead atoms. The van der Waals surface area contributed by atoms with Crippen molar-refractivity contribution in [1.82, 2.24) is 5.32 Å². The van der Waals surface area contributed by atoms with Crippen molar-refractivity contribution in [1.29, 1.82) is 0 Å². The SMILES string of the molecule is CNCc1cc(Cl)ccc1-c1c(F)ccc(C)c1F. The van der Waals surface area contributed by atoms with Crippen LogP contribution in [0, 0.1) is 18.6 Å². The molecule has 0 amide bonds. The van der Waals surface area contributed by atoms with Crippen LogP contribution in [0.1, 0.15) is 11.1 Å². The highest BCUT2D eigenvalue weighted by atomic mass is 35.5. The number of rotatable bonds is 3. The van der Waals surface area contributed by atoms with Gasteiger partial charge in [0, 0.05) is 11.6 Å². The lowest BCUT2D eigenvalue weighted by atomic mass is 9.97. The van der Waals surface area contributed by atoms with Crippen molar-refractivity contribution in [3.8, 4) is 11.1 Å². The van der Waals surface area contributed by atoms with Gasteiger partial charge in [0.05, 0.1) is 5.56 Å². The molecule has 2 aromatic rings. The van der Waals surface area contributed by atoms with Gasteiger partial charge in [0.1, 0.15) is 11.6 Å². The summed E-state index contributed by atoms with van der Waals surface area (Å²) in [6.07, 6.45) is 0. The first-order chi connectivity index (χ1) is 9.04. The van der Waals surface area contributed by atoms with Crippen LogP contribution in [0.4, 0.5) is 8.78 Å². The van der Waals surface area contributed by atoms with E-state index in [0.717, 1.165) is 5.56 Å². The lowest BCUT2D eigenvalue weighted by molar-refractivity contribution is 0.583. The van der Waals surface area contributed by atoms with Crippen molar-refractivity contribution in [3.05, 3.63) is 58.1 Å². The molecular formula is C15H14ClF2N. The van der Waals surface area contributed by atoms with E-state index in [-0.39, 0.29) is 5.56 Å². The highest BCUT2D eigenvalue weighted by Gasteiger charge is 2.16. The number of hydrogen-bond acceptors (Lipinski definition) is 1. The van der Waals surface area contributed by atoms with Gasteiger partial charge in [-0.3, -0.25) is 0 Å². The van der Waals surface area contributed by atoms with Crippen molar-refractivity contribution >= 4 is 11.6 Å². The summed E-state index contributed by atoms with van der Waals surface area (Å²) in [5.74, 6) is -1.09. The van der Waals surface area contributed by atoms with Gasteiger partial charge in [0.2, 0.25) is 0 Å². The minimum Gasteiger partial charge on any atom is -0.316 e. The molecule has 0 atom stereocenters. The zero-order valence-corrected chi connectivity index (χ0v) is 11.5. The summed E-state index contributed by atoms with van der Waals surface area (Å²) in [6, 6.07) is 7.72. The highest BCUT2D eigenvalue weighted by Crippen LogP contribution is 2.32. The molecule has 0 heterocycles. The minimum absolute atomic E-state index is 0.00177. The van der Waals surface area contributed by atoms with Crippen LogP contribution in [0.15, 0.2) is 30.3 Å². The molecule has 0 aliphatic carbocycles. The van der Waals surface area contributed by atoms with Crippen LogP contribution in [0.25, 0.3) is 11.1 Å². The molecule has 1 nitrogen and oxygen atoms in total. The number of benzene rings is 2. The fourth-order valence-corrected chi connectivity index (χ4v) is 2.24. The van der Waals surface area contributed by atoms with Crippen molar-refractivity contribution in [2.75, 3.05) is 7.05 Å². The Morgan fingerprint density at radius 1 is 1.16 bits per heavy atom. The van der Waals surface area contributed by atoms with Crippen molar-refractivity contribution in [2.45, 2.75) is 13.5 Å². The number of hydrogen-bond donors (Lipinski definition) is 1. The van der Waals surface area contributed by atoms with E-state index in [1.807, 2.05) is 0 Å². The molecule has 0 aromatic heterocycles. The topological polar surface area (TPSA) is 12.0 Å². The van der Waals surface area contributed by atoms with E-state index in [1.54, 1.807) is 32.2 Å². The van der Waals surface area contributed by atoms with Gasteiger partial charge in [-0.05, 0) is 48.9 Å². The molecule has 0 fully saturated rings. The molecule has 19 heavy (non-hydrogen) atoms. The fraction of sp³-hybridized carbons (Fsp3) is 0.200. The van der Waals surface area contributed by atoms with E-state index < -0.39 is 11.6 Å². The summed E-state index contributed by atoms with van der Waals surface area (Å²) < 4.78 is 28.1. The lowest BCUT2D eigenvalue weighted by Crippen LogP contribution is -2.07. The summed E-state index contributed by atoms with van der Waals surface area (Å²) in [5, 5.41) is 3.52. The molecule has 0 spiro atoms. The van der Waals surface area contributed by atoms with Gasteiger partial charge in [-0.2, -0.15) is 0 Å². The first-order valence-electron chi connectivity index (χ1n) is 5.92. The van der Waals surface area contributed by atoms with Gasteiger partial charge < -0.3 is 5.32 Å². The summed E-state index contributed by atoms with van der Waals surface area (Å²) in [7, 11) is 1.77. The minimum atomic E-state index is -0.567. The monoisotopic (exact) mass is 281 g/mol. The Hall–Kier alpha value is -1.45. The molecule has 0 aliphatic rings. The Morgan fingerprint density at radius 3 is 2.58 bits per heavy atom. The van der Waals surface area contributed by atoms with Crippen LogP contribution in [0.3, 0.4) is 0 Å². The third-order valence-corrected chi connectivity index (χ3v) is 3.22. The predicted molar refractivity (Wildman–Crippen MR) is 74.3 cm³/mol. The van der Waals surface area contributed by atoms with Gasteiger partial charge >= 0.3 is 0 Å². The van der Waals surface area contributed by atoms with Gasteiger partial charge in [-0.15, -0.1) is 0 Å². The number of aryl methyl sites for hydroxylation is 1. The van der Waals surface area contributed by atoms with Gasteiger partial charge in [-0.25, -0.2) is 8.78 Å². The molecule has 1 N–H and O–H groups in total. The second-order valence-electron chi connectivity index (χ2n) is 4.39. The van der Waals surface area contributed by atoms with E-state index >= 15 is 0 Å². The van der Waals surface area contributed by atoms with E-state index in [1.165, 1.54) is 12.1 Å². The van der Waals surface area contributed by atoms with E-state index in [0.29, 0.717) is 22.7 Å². The molecule has 100 valence electrons. The van der Waals surface area contributed by atoms with E-state index in [9.17, 15) is 8.78 Å².